The Bertz CT molecular complexity index is 804. The maximum atomic E-state index is 3.26. The maximum absolute atomic E-state index is 3.26. The van der Waals surface area contributed by atoms with Crippen molar-refractivity contribution >= 4 is 32.3 Å². The molecule has 0 bridgehead atoms. The molecule has 4 rings (SSSR count). The van der Waals surface area contributed by atoms with E-state index in [2.05, 4.69) is 72.7 Å². The highest BCUT2D eigenvalue weighted by Crippen LogP contribution is 2.24. The van der Waals surface area contributed by atoms with Crippen LogP contribution in [0.2, 0.25) is 0 Å². The minimum absolute atomic E-state index is 0. The third-order valence-corrected chi connectivity index (χ3v) is 4.42. The number of hydrogen-bond acceptors (Lipinski definition) is 1. The first-order chi connectivity index (χ1) is 11.7. The third kappa shape index (κ3) is 5.24. The quantitative estimate of drug-likeness (QED) is 0.333. The van der Waals surface area contributed by atoms with Gasteiger partial charge in [0.25, 0.3) is 0 Å². The van der Waals surface area contributed by atoms with E-state index in [0.717, 1.165) is 0 Å². The standard InChI is InChI=1S/C9H9N.C9H8S.2C2H6.H2/c1-7-6-8-4-2-3-5-9(8)10-7;1-7-6-10-9-5-3-2-4-8(7)9;2*1-2;/h2-6,10H,1H3;2-6H,1H3;2*1-2H3;1H. The van der Waals surface area contributed by atoms with Crippen LogP contribution >= 0.6 is 11.3 Å². The van der Waals surface area contributed by atoms with Crippen LogP contribution in [0, 0.1) is 13.8 Å². The molecule has 24 heavy (non-hydrogen) atoms. The van der Waals surface area contributed by atoms with Crippen molar-refractivity contribution in [3.63, 3.8) is 0 Å². The van der Waals surface area contributed by atoms with Crippen LogP contribution in [0.25, 0.3) is 21.0 Å². The van der Waals surface area contributed by atoms with Gasteiger partial charge in [0.1, 0.15) is 0 Å². The molecule has 0 radical (unpaired) electrons. The molecule has 0 spiro atoms. The van der Waals surface area contributed by atoms with Gasteiger partial charge >= 0.3 is 0 Å². The Hall–Kier alpha value is -2.06. The van der Waals surface area contributed by atoms with Gasteiger partial charge in [-0.3, -0.25) is 0 Å². The smallest absolute Gasteiger partial charge is 0.0455 e. The number of thiophene rings is 1. The van der Waals surface area contributed by atoms with Gasteiger partial charge < -0.3 is 4.98 Å². The second kappa shape index (κ2) is 10.7. The van der Waals surface area contributed by atoms with Crippen molar-refractivity contribution < 1.29 is 1.43 Å². The number of benzene rings is 2. The van der Waals surface area contributed by atoms with Crippen LogP contribution in [0.4, 0.5) is 0 Å². The van der Waals surface area contributed by atoms with Gasteiger partial charge in [0, 0.05) is 17.3 Å². The van der Waals surface area contributed by atoms with Crippen molar-refractivity contribution in [3.8, 4) is 0 Å². The number of aromatic nitrogens is 1. The van der Waals surface area contributed by atoms with Gasteiger partial charge in [0.05, 0.1) is 0 Å². The fourth-order valence-corrected chi connectivity index (χ4v) is 3.27. The molecule has 1 nitrogen and oxygen atoms in total. The van der Waals surface area contributed by atoms with E-state index in [1.54, 1.807) is 0 Å². The SMILES string of the molecule is CC.CC.Cc1cc2ccccc2[nH]1.Cc1csc2ccccc12.[HH]. The molecule has 0 aliphatic carbocycles. The minimum atomic E-state index is 0. The number of rotatable bonds is 0. The number of hydrogen-bond donors (Lipinski definition) is 1. The van der Waals surface area contributed by atoms with Crippen LogP contribution in [-0.2, 0) is 0 Å². The second-order valence-electron chi connectivity index (χ2n) is 4.95. The van der Waals surface area contributed by atoms with Gasteiger partial charge in [-0.25, -0.2) is 0 Å². The topological polar surface area (TPSA) is 15.8 Å². The Kier molecular flexibility index (Phi) is 8.88. The summed E-state index contributed by atoms with van der Waals surface area (Å²) in [6, 6.07) is 18.9. The Morgan fingerprint density at radius 3 is 2.12 bits per heavy atom. The Balaban J connectivity index is 0.000000373. The summed E-state index contributed by atoms with van der Waals surface area (Å²) in [6.45, 7) is 12.2. The molecule has 2 aromatic heterocycles. The van der Waals surface area contributed by atoms with E-state index in [0.29, 0.717) is 0 Å². The number of para-hydroxylation sites is 1. The lowest BCUT2D eigenvalue weighted by molar-refractivity contribution is 1.30. The summed E-state index contributed by atoms with van der Waals surface area (Å²) in [4.78, 5) is 3.26. The number of aromatic amines is 1. The molecule has 2 heterocycles. The van der Waals surface area contributed by atoms with E-state index < -0.39 is 0 Å². The van der Waals surface area contributed by atoms with Crippen molar-refractivity contribution in [1.29, 1.82) is 0 Å². The van der Waals surface area contributed by atoms with E-state index in [-0.39, 0.29) is 1.43 Å². The number of nitrogens with one attached hydrogen (secondary N) is 1. The van der Waals surface area contributed by atoms with E-state index in [4.69, 9.17) is 0 Å². The van der Waals surface area contributed by atoms with Crippen LogP contribution in [0.15, 0.2) is 60.0 Å². The maximum Gasteiger partial charge on any atom is 0.0455 e. The monoisotopic (exact) mass is 341 g/mol. The van der Waals surface area contributed by atoms with Crippen LogP contribution in [-0.4, -0.2) is 4.98 Å². The molecule has 4 aromatic rings. The molecule has 0 aliphatic rings. The van der Waals surface area contributed by atoms with Gasteiger partial charge in [-0.15, -0.1) is 11.3 Å². The largest absolute Gasteiger partial charge is 0.359 e. The molecule has 130 valence electrons. The van der Waals surface area contributed by atoms with Gasteiger partial charge in [-0.1, -0.05) is 64.1 Å². The highest BCUT2D eigenvalue weighted by Gasteiger charge is 1.95. The molecule has 0 amide bonds. The average Bonchev–Trinajstić information content (AvgIpc) is 3.21. The molecule has 0 aliphatic heterocycles. The number of H-pyrrole nitrogens is 1. The highest BCUT2D eigenvalue weighted by atomic mass is 32.1. The van der Waals surface area contributed by atoms with Gasteiger partial charge in [0.15, 0.2) is 0 Å². The average molecular weight is 342 g/mol. The van der Waals surface area contributed by atoms with Crippen molar-refractivity contribution in [1.82, 2.24) is 4.98 Å². The minimum Gasteiger partial charge on any atom is -0.359 e. The van der Waals surface area contributed by atoms with Gasteiger partial charge in [-0.05, 0) is 53.8 Å². The third-order valence-electron chi connectivity index (χ3n) is 3.34. The molecule has 1 N–H and O–H groups in total. The number of aryl methyl sites for hydroxylation is 2. The Morgan fingerprint density at radius 1 is 0.833 bits per heavy atom. The van der Waals surface area contributed by atoms with Crippen molar-refractivity contribution in [3.05, 3.63) is 71.2 Å². The van der Waals surface area contributed by atoms with E-state index >= 15 is 0 Å². The lowest BCUT2D eigenvalue weighted by atomic mass is 10.2. The summed E-state index contributed by atoms with van der Waals surface area (Å²) in [7, 11) is 0. The van der Waals surface area contributed by atoms with Gasteiger partial charge in [0.2, 0.25) is 0 Å². The molecule has 0 saturated heterocycles. The van der Waals surface area contributed by atoms with Crippen molar-refractivity contribution in [2.24, 2.45) is 0 Å². The Labute approximate surface area is 151 Å². The Morgan fingerprint density at radius 2 is 1.46 bits per heavy atom. The van der Waals surface area contributed by atoms with Crippen LogP contribution in [0.3, 0.4) is 0 Å². The molecular formula is C22H31NS. The summed E-state index contributed by atoms with van der Waals surface area (Å²) in [5.41, 5.74) is 3.84. The zero-order chi connectivity index (χ0) is 17.9. The first kappa shape index (κ1) is 20.0. The summed E-state index contributed by atoms with van der Waals surface area (Å²) in [6.07, 6.45) is 0. The van der Waals surface area contributed by atoms with Crippen molar-refractivity contribution in [2.45, 2.75) is 41.5 Å². The van der Waals surface area contributed by atoms with E-state index in [1.165, 1.54) is 32.2 Å². The normalized spacial score (nSPS) is 9.25. The molecule has 0 unspecified atom stereocenters. The summed E-state index contributed by atoms with van der Waals surface area (Å²) in [5, 5.41) is 4.89. The second-order valence-corrected chi connectivity index (χ2v) is 5.87. The highest BCUT2D eigenvalue weighted by molar-refractivity contribution is 7.17. The summed E-state index contributed by atoms with van der Waals surface area (Å²) in [5.74, 6) is 0. The number of fused-ring (bicyclic) bond motifs is 2. The fraction of sp³-hybridized carbons (Fsp3) is 0.273. The molecule has 0 fully saturated rings. The predicted molar refractivity (Wildman–Crippen MR) is 114 cm³/mol. The predicted octanol–water partition coefficient (Wildman–Crippen LogP) is 7.98. The fourth-order valence-electron chi connectivity index (χ4n) is 2.33. The first-order valence-corrected chi connectivity index (χ1v) is 9.59. The zero-order valence-corrected chi connectivity index (χ0v) is 16.5. The lowest BCUT2D eigenvalue weighted by Gasteiger charge is -1.86. The zero-order valence-electron chi connectivity index (χ0n) is 15.7. The molecule has 0 atom stereocenters. The van der Waals surface area contributed by atoms with Crippen LogP contribution in [0.5, 0.6) is 0 Å². The molecule has 2 heteroatoms. The van der Waals surface area contributed by atoms with E-state index in [1.807, 2.05) is 45.1 Å². The molecule has 2 aromatic carbocycles. The van der Waals surface area contributed by atoms with Crippen LogP contribution < -0.4 is 0 Å². The summed E-state index contributed by atoms with van der Waals surface area (Å²) < 4.78 is 1.39. The summed E-state index contributed by atoms with van der Waals surface area (Å²) >= 11 is 1.81. The first-order valence-electron chi connectivity index (χ1n) is 8.71. The van der Waals surface area contributed by atoms with Gasteiger partial charge in [-0.2, -0.15) is 0 Å². The van der Waals surface area contributed by atoms with Crippen LogP contribution in [0.1, 0.15) is 40.4 Å². The molecular weight excluding hydrogens is 310 g/mol. The van der Waals surface area contributed by atoms with Crippen molar-refractivity contribution in [2.75, 3.05) is 0 Å². The molecule has 0 saturated carbocycles. The van der Waals surface area contributed by atoms with E-state index in [9.17, 15) is 0 Å². The lowest BCUT2D eigenvalue weighted by Crippen LogP contribution is -1.65.